The summed E-state index contributed by atoms with van der Waals surface area (Å²) in [5.74, 6) is -6.07. The van der Waals surface area contributed by atoms with E-state index in [4.69, 9.17) is 5.11 Å². The van der Waals surface area contributed by atoms with Crippen LogP contribution in [-0.2, 0) is 0 Å². The molecule has 16 heavy (non-hydrogen) atoms. The number of aliphatic hydroxyl groups is 1. The van der Waals surface area contributed by atoms with Crippen LogP contribution in [-0.4, -0.2) is 17.2 Å². The van der Waals surface area contributed by atoms with E-state index in [0.29, 0.717) is 24.3 Å². The van der Waals surface area contributed by atoms with Gasteiger partial charge in [0.1, 0.15) is 5.82 Å². The van der Waals surface area contributed by atoms with Crippen molar-refractivity contribution in [2.75, 3.05) is 0 Å². The van der Waals surface area contributed by atoms with Crippen LogP contribution in [0.5, 0.6) is 0 Å². The van der Waals surface area contributed by atoms with Crippen LogP contribution < -0.4 is 0 Å². The fraction of sp³-hybridized carbons (Fsp3) is 0.333. The molecule has 0 saturated carbocycles. The third-order valence-corrected chi connectivity index (χ3v) is 1.91. The molecule has 1 aromatic rings. The van der Waals surface area contributed by atoms with Crippen LogP contribution in [0, 0.1) is 5.82 Å². The highest BCUT2D eigenvalue weighted by atomic mass is 19.4. The van der Waals surface area contributed by atoms with Gasteiger partial charge < -0.3 is 5.11 Å². The molecule has 1 unspecified atom stereocenters. The van der Waals surface area contributed by atoms with Crippen molar-refractivity contribution < 1.29 is 31.4 Å². The quantitative estimate of drug-likeness (QED) is 0.792. The Balaban J connectivity index is 3.02. The number of aliphatic hydroxyl groups excluding tert-OH is 1. The first-order valence-electron chi connectivity index (χ1n) is 4.04. The second-order valence-electron chi connectivity index (χ2n) is 3.07. The van der Waals surface area contributed by atoms with Gasteiger partial charge in [-0.25, -0.2) is 4.39 Å². The van der Waals surface area contributed by atoms with Crippen LogP contribution in [0.25, 0.3) is 0 Å². The predicted octanol–water partition coefficient (Wildman–Crippen LogP) is 3.06. The minimum absolute atomic E-state index is 0.666. The molecule has 0 amide bonds. The molecule has 1 nitrogen and oxygen atoms in total. The van der Waals surface area contributed by atoms with Crippen molar-refractivity contribution >= 4 is 0 Å². The summed E-state index contributed by atoms with van der Waals surface area (Å²) in [6.45, 7) is 0. The van der Waals surface area contributed by atoms with Crippen molar-refractivity contribution in [2.24, 2.45) is 0 Å². The molecule has 0 radical (unpaired) electrons. The van der Waals surface area contributed by atoms with E-state index < -0.39 is 29.6 Å². The van der Waals surface area contributed by atoms with Gasteiger partial charge in [-0.05, 0) is 17.7 Å². The Morgan fingerprint density at radius 2 is 1.38 bits per heavy atom. The molecule has 90 valence electrons. The van der Waals surface area contributed by atoms with Crippen molar-refractivity contribution in [3.63, 3.8) is 0 Å². The van der Waals surface area contributed by atoms with Crippen LogP contribution in [0.4, 0.5) is 26.3 Å². The van der Waals surface area contributed by atoms with Gasteiger partial charge in [-0.3, -0.25) is 0 Å². The molecule has 1 aromatic carbocycles. The summed E-state index contributed by atoms with van der Waals surface area (Å²) in [4.78, 5) is 0. The van der Waals surface area contributed by atoms with E-state index in [0.717, 1.165) is 0 Å². The zero-order valence-electron chi connectivity index (χ0n) is 7.60. The number of hydrogen-bond acceptors (Lipinski definition) is 1. The van der Waals surface area contributed by atoms with E-state index in [9.17, 15) is 26.3 Å². The highest BCUT2D eigenvalue weighted by Gasteiger charge is 2.62. The lowest BCUT2D eigenvalue weighted by Gasteiger charge is -2.24. The number of alkyl halides is 5. The van der Waals surface area contributed by atoms with Gasteiger partial charge in [0.25, 0.3) is 0 Å². The molecule has 0 aliphatic carbocycles. The summed E-state index contributed by atoms with van der Waals surface area (Å²) in [5.41, 5.74) is -0.705. The van der Waals surface area contributed by atoms with E-state index >= 15 is 0 Å². The van der Waals surface area contributed by atoms with Crippen LogP contribution in [0.15, 0.2) is 24.3 Å². The third kappa shape index (κ3) is 2.29. The van der Waals surface area contributed by atoms with Crippen LogP contribution >= 0.6 is 0 Å². The second kappa shape index (κ2) is 3.97. The van der Waals surface area contributed by atoms with Crippen LogP contribution in [0.1, 0.15) is 11.7 Å². The molecule has 0 heterocycles. The molecule has 0 fully saturated rings. The Bertz CT molecular complexity index is 355. The third-order valence-electron chi connectivity index (χ3n) is 1.91. The SMILES string of the molecule is OC(c1ccc(F)cc1)C(F)(F)C(F)(F)F. The van der Waals surface area contributed by atoms with Crippen molar-refractivity contribution in [3.05, 3.63) is 35.6 Å². The molecule has 0 aliphatic rings. The zero-order chi connectivity index (χ0) is 12.6. The Hall–Kier alpha value is -1.24. The highest BCUT2D eigenvalue weighted by Crippen LogP contribution is 2.44. The lowest BCUT2D eigenvalue weighted by molar-refractivity contribution is -0.315. The molecular formula is C9H6F6O. The van der Waals surface area contributed by atoms with Crippen LogP contribution in [0.2, 0.25) is 0 Å². The average molecular weight is 244 g/mol. The predicted molar refractivity (Wildman–Crippen MR) is 42.4 cm³/mol. The molecule has 1 rings (SSSR count). The van der Waals surface area contributed by atoms with Gasteiger partial charge in [0.15, 0.2) is 6.10 Å². The smallest absolute Gasteiger partial charge is 0.382 e. The highest BCUT2D eigenvalue weighted by molar-refractivity contribution is 5.21. The first-order chi connectivity index (χ1) is 7.16. The van der Waals surface area contributed by atoms with Gasteiger partial charge in [-0.15, -0.1) is 0 Å². The standard InChI is InChI=1S/C9H6F6O/c10-6-3-1-5(2-4-6)7(16)8(11,12)9(13,14)15/h1-4,7,16H. The molecule has 1 atom stereocenters. The normalized spacial score (nSPS) is 14.9. The van der Waals surface area contributed by atoms with Crippen molar-refractivity contribution in [1.82, 2.24) is 0 Å². The summed E-state index contributed by atoms with van der Waals surface area (Å²) >= 11 is 0. The largest absolute Gasteiger partial charge is 0.456 e. The lowest BCUT2D eigenvalue weighted by atomic mass is 10.0. The van der Waals surface area contributed by atoms with E-state index in [-0.39, 0.29) is 0 Å². The van der Waals surface area contributed by atoms with Gasteiger partial charge in [-0.2, -0.15) is 22.0 Å². The van der Waals surface area contributed by atoms with Gasteiger partial charge in [0.2, 0.25) is 0 Å². The maximum atomic E-state index is 12.6. The number of halogens is 6. The summed E-state index contributed by atoms with van der Waals surface area (Å²) in [5, 5.41) is 8.88. The topological polar surface area (TPSA) is 20.2 Å². The van der Waals surface area contributed by atoms with E-state index in [1.165, 1.54) is 0 Å². The van der Waals surface area contributed by atoms with Gasteiger partial charge in [0, 0.05) is 0 Å². The first-order valence-corrected chi connectivity index (χ1v) is 4.04. The summed E-state index contributed by atoms with van der Waals surface area (Å²) < 4.78 is 73.3. The fourth-order valence-electron chi connectivity index (χ4n) is 1.01. The Morgan fingerprint density at radius 3 is 1.75 bits per heavy atom. The molecule has 1 N–H and O–H groups in total. The number of benzene rings is 1. The minimum atomic E-state index is -5.86. The number of rotatable bonds is 2. The molecular weight excluding hydrogens is 238 g/mol. The van der Waals surface area contributed by atoms with Crippen molar-refractivity contribution in [1.29, 1.82) is 0 Å². The molecule has 0 aliphatic heterocycles. The average Bonchev–Trinajstić information content (AvgIpc) is 2.16. The Labute approximate surface area is 86.3 Å². The molecule has 0 spiro atoms. The van der Waals surface area contributed by atoms with Crippen LogP contribution in [0.3, 0.4) is 0 Å². The summed E-state index contributed by atoms with van der Waals surface area (Å²) in [6.07, 6.45) is -8.91. The van der Waals surface area contributed by atoms with Crippen molar-refractivity contribution in [3.8, 4) is 0 Å². The van der Waals surface area contributed by atoms with Gasteiger partial charge in [-0.1, -0.05) is 12.1 Å². The number of hydrogen-bond donors (Lipinski definition) is 1. The summed E-state index contributed by atoms with van der Waals surface area (Å²) in [7, 11) is 0. The van der Waals surface area contributed by atoms with E-state index in [1.54, 1.807) is 0 Å². The molecule has 0 aromatic heterocycles. The second-order valence-corrected chi connectivity index (χ2v) is 3.07. The maximum absolute atomic E-state index is 12.6. The van der Waals surface area contributed by atoms with E-state index in [1.807, 2.05) is 0 Å². The lowest BCUT2D eigenvalue weighted by Crippen LogP contribution is -2.42. The Kier molecular flexibility index (Phi) is 3.18. The molecule has 0 saturated heterocycles. The monoisotopic (exact) mass is 244 g/mol. The summed E-state index contributed by atoms with van der Waals surface area (Å²) in [6, 6.07) is 2.70. The van der Waals surface area contributed by atoms with Gasteiger partial charge in [0.05, 0.1) is 0 Å². The van der Waals surface area contributed by atoms with E-state index in [2.05, 4.69) is 0 Å². The maximum Gasteiger partial charge on any atom is 0.456 e. The minimum Gasteiger partial charge on any atom is -0.382 e. The van der Waals surface area contributed by atoms with Crippen molar-refractivity contribution in [2.45, 2.75) is 18.2 Å². The molecule has 7 heteroatoms. The Morgan fingerprint density at radius 1 is 0.938 bits per heavy atom. The van der Waals surface area contributed by atoms with Gasteiger partial charge >= 0.3 is 12.1 Å². The molecule has 0 bridgehead atoms. The fourth-order valence-corrected chi connectivity index (χ4v) is 1.01. The zero-order valence-corrected chi connectivity index (χ0v) is 7.60. The first kappa shape index (κ1) is 12.8.